The summed E-state index contributed by atoms with van der Waals surface area (Å²) in [5.74, 6) is -0.814. The van der Waals surface area contributed by atoms with Crippen LogP contribution in [0.4, 0.5) is 19.4 Å². The molecule has 2 aromatic heterocycles. The number of halogens is 2. The Kier molecular flexibility index (Phi) is 8.36. The van der Waals surface area contributed by atoms with E-state index >= 15 is 4.39 Å². The number of pyridine rings is 1. The summed E-state index contributed by atoms with van der Waals surface area (Å²) < 4.78 is 47.6. The summed E-state index contributed by atoms with van der Waals surface area (Å²) in [6.45, 7) is 10.0. The molecule has 2 aliphatic rings. The monoisotopic (exact) mass is 584 g/mol. The van der Waals surface area contributed by atoms with Gasteiger partial charge in [-0.15, -0.1) is 0 Å². The number of anilines is 1. The zero-order chi connectivity index (χ0) is 30.2. The van der Waals surface area contributed by atoms with Crippen LogP contribution in [0.3, 0.4) is 0 Å². The van der Waals surface area contributed by atoms with Crippen molar-refractivity contribution in [2.24, 2.45) is 0 Å². The molecule has 0 radical (unpaired) electrons. The van der Waals surface area contributed by atoms with Gasteiger partial charge in [-0.05, 0) is 72.3 Å². The molecule has 1 aromatic carbocycles. The van der Waals surface area contributed by atoms with Crippen molar-refractivity contribution in [3.8, 4) is 23.0 Å². The van der Waals surface area contributed by atoms with Gasteiger partial charge in [-0.25, -0.2) is 18.6 Å². The quantitative estimate of drug-likeness (QED) is 0.401. The maximum atomic E-state index is 15.7. The third kappa shape index (κ3) is 6.18. The third-order valence-corrected chi connectivity index (χ3v) is 7.66. The molecule has 3 aromatic rings. The highest BCUT2D eigenvalue weighted by Crippen LogP contribution is 2.36. The SMILES string of the molecule is COc1cccc(F)c1-c1nc2nc(OC[C@@H]3CCCN3C)nc(N3CCN(C(=O)OC(C)(C)C)C[C@H]3C)c2cc1F. The van der Waals surface area contributed by atoms with Crippen LogP contribution in [0.25, 0.3) is 22.3 Å². The lowest BCUT2D eigenvalue weighted by Crippen LogP contribution is -2.55. The highest BCUT2D eigenvalue weighted by Gasteiger charge is 2.33. The molecule has 2 saturated heterocycles. The first kappa shape index (κ1) is 29.7. The van der Waals surface area contributed by atoms with Crippen LogP contribution in [-0.4, -0.2) is 95.5 Å². The van der Waals surface area contributed by atoms with E-state index in [0.29, 0.717) is 37.4 Å². The number of likely N-dealkylation sites (N-methyl/N-ethyl adjacent to an activating group) is 1. The molecule has 0 unspecified atom stereocenters. The van der Waals surface area contributed by atoms with Gasteiger partial charge in [-0.2, -0.15) is 9.97 Å². The Balaban J connectivity index is 1.54. The number of aromatic nitrogens is 3. The lowest BCUT2D eigenvalue weighted by Gasteiger charge is -2.41. The zero-order valence-electron chi connectivity index (χ0n) is 25.0. The number of fused-ring (bicyclic) bond motifs is 1. The molecule has 2 aliphatic heterocycles. The van der Waals surface area contributed by atoms with Crippen molar-refractivity contribution in [3.05, 3.63) is 35.9 Å². The van der Waals surface area contributed by atoms with Crippen LogP contribution in [0, 0.1) is 11.6 Å². The molecule has 0 bridgehead atoms. The van der Waals surface area contributed by atoms with Crippen molar-refractivity contribution >= 4 is 22.9 Å². The second kappa shape index (κ2) is 11.8. The molecule has 0 saturated carbocycles. The number of ether oxygens (including phenoxy) is 3. The fourth-order valence-corrected chi connectivity index (χ4v) is 5.48. The lowest BCUT2D eigenvalue weighted by atomic mass is 10.1. The van der Waals surface area contributed by atoms with Crippen LogP contribution in [-0.2, 0) is 4.74 Å². The van der Waals surface area contributed by atoms with Gasteiger partial charge < -0.3 is 28.9 Å². The second-order valence-electron chi connectivity index (χ2n) is 11.9. The minimum absolute atomic E-state index is 0.0889. The number of benzene rings is 1. The summed E-state index contributed by atoms with van der Waals surface area (Å²) in [6, 6.07) is 5.68. The van der Waals surface area contributed by atoms with Gasteiger partial charge in [0.25, 0.3) is 0 Å². The Labute approximate surface area is 244 Å². The standard InChI is InChI=1S/C30H38F2N6O4/c1-18-16-37(29(39)42-30(2,3)4)13-14-38(18)27-20-15-22(32)25(24-21(31)10-7-11-23(24)40-6)33-26(20)34-28(35-27)41-17-19-9-8-12-36(19)5/h7,10-11,15,18-19H,8-9,12-14,16-17H2,1-6H3/t18-,19+/m1/s1. The number of nitrogens with zero attached hydrogens (tertiary/aromatic N) is 6. The Hall–Kier alpha value is -3.80. The fraction of sp³-hybridized carbons (Fsp3) is 0.533. The van der Waals surface area contributed by atoms with Gasteiger partial charge in [0.2, 0.25) is 0 Å². The minimum atomic E-state index is -0.739. The average Bonchev–Trinajstić information content (AvgIpc) is 3.34. The number of carbonyl (C=O) groups excluding carboxylic acids is 1. The first-order chi connectivity index (χ1) is 19.9. The normalized spacial score (nSPS) is 19.8. The second-order valence-corrected chi connectivity index (χ2v) is 11.9. The maximum Gasteiger partial charge on any atom is 0.410 e. The Morgan fingerprint density at radius 1 is 1.10 bits per heavy atom. The van der Waals surface area contributed by atoms with Gasteiger partial charge in [0.15, 0.2) is 11.5 Å². The van der Waals surface area contributed by atoms with E-state index in [2.05, 4.69) is 21.9 Å². The summed E-state index contributed by atoms with van der Waals surface area (Å²) in [4.78, 5) is 32.4. The number of hydrogen-bond donors (Lipinski definition) is 0. The van der Waals surface area contributed by atoms with Gasteiger partial charge in [-0.1, -0.05) is 6.07 Å². The molecule has 4 heterocycles. The lowest BCUT2D eigenvalue weighted by molar-refractivity contribution is 0.0218. The molecule has 10 nitrogen and oxygen atoms in total. The summed E-state index contributed by atoms with van der Waals surface area (Å²) in [7, 11) is 3.44. The van der Waals surface area contributed by atoms with E-state index < -0.39 is 17.2 Å². The smallest absolute Gasteiger partial charge is 0.410 e. The number of rotatable bonds is 6. The molecule has 12 heteroatoms. The Morgan fingerprint density at radius 2 is 1.88 bits per heavy atom. The van der Waals surface area contributed by atoms with E-state index in [-0.39, 0.29) is 46.8 Å². The minimum Gasteiger partial charge on any atom is -0.496 e. The van der Waals surface area contributed by atoms with Crippen LogP contribution in [0.5, 0.6) is 11.8 Å². The highest BCUT2D eigenvalue weighted by atomic mass is 19.1. The number of likely N-dealkylation sites (tertiary alicyclic amines) is 1. The summed E-state index contributed by atoms with van der Waals surface area (Å²) >= 11 is 0. The van der Waals surface area contributed by atoms with Crippen LogP contribution < -0.4 is 14.4 Å². The molecule has 2 atom stereocenters. The molecule has 226 valence electrons. The van der Waals surface area contributed by atoms with Gasteiger partial charge in [-0.3, -0.25) is 0 Å². The number of methoxy groups -OCH3 is 1. The first-order valence-corrected chi connectivity index (χ1v) is 14.2. The predicted octanol–water partition coefficient (Wildman–Crippen LogP) is 4.90. The van der Waals surface area contributed by atoms with Crippen LogP contribution >= 0.6 is 0 Å². The number of amides is 1. The molecular formula is C30H38F2N6O4. The number of piperazine rings is 1. The highest BCUT2D eigenvalue weighted by molar-refractivity contribution is 5.90. The van der Waals surface area contributed by atoms with E-state index in [1.54, 1.807) is 11.0 Å². The van der Waals surface area contributed by atoms with Crippen molar-refractivity contribution < 1.29 is 27.8 Å². The van der Waals surface area contributed by atoms with E-state index in [1.807, 2.05) is 32.6 Å². The molecule has 2 fully saturated rings. The number of carbonyl (C=O) groups is 1. The van der Waals surface area contributed by atoms with Crippen LogP contribution in [0.2, 0.25) is 0 Å². The summed E-state index contributed by atoms with van der Waals surface area (Å²) in [5.41, 5.74) is -0.750. The van der Waals surface area contributed by atoms with E-state index in [1.165, 1.54) is 25.3 Å². The predicted molar refractivity (Wildman–Crippen MR) is 155 cm³/mol. The summed E-state index contributed by atoms with van der Waals surface area (Å²) in [5, 5.41) is 0.356. The van der Waals surface area contributed by atoms with Crippen molar-refractivity contribution in [2.75, 3.05) is 51.8 Å². The molecule has 0 N–H and O–H groups in total. The maximum absolute atomic E-state index is 15.7. The molecule has 0 aliphatic carbocycles. The topological polar surface area (TPSA) is 93.2 Å². The van der Waals surface area contributed by atoms with Gasteiger partial charge in [0.05, 0.1) is 18.1 Å². The van der Waals surface area contributed by atoms with E-state index in [0.717, 1.165) is 19.4 Å². The average molecular weight is 585 g/mol. The molecule has 42 heavy (non-hydrogen) atoms. The molecule has 5 rings (SSSR count). The largest absolute Gasteiger partial charge is 0.496 e. The molecule has 1 amide bonds. The summed E-state index contributed by atoms with van der Waals surface area (Å²) in [6.07, 6.45) is 1.70. The van der Waals surface area contributed by atoms with Gasteiger partial charge in [0, 0.05) is 31.7 Å². The van der Waals surface area contributed by atoms with Crippen molar-refractivity contribution in [1.82, 2.24) is 24.8 Å². The van der Waals surface area contributed by atoms with Gasteiger partial charge in [0.1, 0.15) is 35.3 Å². The Morgan fingerprint density at radius 3 is 2.55 bits per heavy atom. The van der Waals surface area contributed by atoms with Crippen molar-refractivity contribution in [3.63, 3.8) is 0 Å². The van der Waals surface area contributed by atoms with Crippen LogP contribution in [0.15, 0.2) is 24.3 Å². The van der Waals surface area contributed by atoms with Crippen LogP contribution in [0.1, 0.15) is 40.5 Å². The van der Waals surface area contributed by atoms with E-state index in [9.17, 15) is 9.18 Å². The van der Waals surface area contributed by atoms with Gasteiger partial charge >= 0.3 is 12.1 Å². The zero-order valence-corrected chi connectivity index (χ0v) is 25.0. The first-order valence-electron chi connectivity index (χ1n) is 14.2. The molecular weight excluding hydrogens is 546 g/mol. The molecule has 0 spiro atoms. The Bertz CT molecular complexity index is 1470. The fourth-order valence-electron chi connectivity index (χ4n) is 5.48. The van der Waals surface area contributed by atoms with Crippen molar-refractivity contribution in [2.45, 2.75) is 58.2 Å². The third-order valence-electron chi connectivity index (χ3n) is 7.66. The van der Waals surface area contributed by atoms with E-state index in [4.69, 9.17) is 19.2 Å². The van der Waals surface area contributed by atoms with Crippen molar-refractivity contribution in [1.29, 1.82) is 0 Å². The number of hydrogen-bond acceptors (Lipinski definition) is 9.